The average molecular weight is 873 g/mol. The SMILES string of the molecule is c1ccc(-c2cccc(-c3cccc(C4N=C(c5cccc(-c6cccc(-c7cccc(C8Nc9ccccc9C(c9cccc(-c%10ccccc%10)c9)N8)c7)c6)c5)Nc5ccccc54)c3)c2)cc1. The fourth-order valence-electron chi connectivity index (χ4n) is 9.95. The van der Waals surface area contributed by atoms with Crippen molar-refractivity contribution in [3.05, 3.63) is 288 Å². The second kappa shape index (κ2) is 18.0. The summed E-state index contributed by atoms with van der Waals surface area (Å²) in [7, 11) is 0. The molecule has 68 heavy (non-hydrogen) atoms. The van der Waals surface area contributed by atoms with Crippen LogP contribution in [0.15, 0.2) is 260 Å². The molecule has 3 N–H and O–H groups in total. The van der Waals surface area contributed by atoms with Crippen molar-refractivity contribution in [2.45, 2.75) is 18.2 Å². The molecule has 4 heteroatoms. The lowest BCUT2D eigenvalue weighted by Gasteiger charge is -2.35. The third kappa shape index (κ3) is 8.19. The molecule has 0 spiro atoms. The predicted octanol–water partition coefficient (Wildman–Crippen LogP) is 15.8. The summed E-state index contributed by atoms with van der Waals surface area (Å²) in [6.45, 7) is 0. The molecular weight excluding hydrogens is 825 g/mol. The number of benzene rings is 10. The number of nitrogens with zero attached hydrogens (tertiary/aromatic N) is 1. The van der Waals surface area contributed by atoms with Crippen molar-refractivity contribution < 1.29 is 0 Å². The second-order valence-corrected chi connectivity index (χ2v) is 17.7. The first-order valence-corrected chi connectivity index (χ1v) is 23.4. The zero-order chi connectivity index (χ0) is 45.2. The van der Waals surface area contributed by atoms with Crippen LogP contribution in [0.5, 0.6) is 0 Å². The minimum Gasteiger partial charge on any atom is -0.366 e. The highest BCUT2D eigenvalue weighted by Crippen LogP contribution is 2.41. The molecule has 3 atom stereocenters. The quantitative estimate of drug-likeness (QED) is 0.135. The number of nitrogens with one attached hydrogen (secondary N) is 3. The fourth-order valence-corrected chi connectivity index (χ4v) is 9.95. The van der Waals surface area contributed by atoms with Crippen molar-refractivity contribution in [1.82, 2.24) is 5.32 Å². The van der Waals surface area contributed by atoms with Gasteiger partial charge in [-0.3, -0.25) is 10.3 Å². The van der Waals surface area contributed by atoms with Crippen LogP contribution in [0.4, 0.5) is 11.4 Å². The minimum atomic E-state index is -0.171. The maximum absolute atomic E-state index is 5.47. The number of fused-ring (bicyclic) bond motifs is 2. The van der Waals surface area contributed by atoms with E-state index < -0.39 is 0 Å². The van der Waals surface area contributed by atoms with Crippen LogP contribution in [0.3, 0.4) is 0 Å². The van der Waals surface area contributed by atoms with E-state index in [4.69, 9.17) is 4.99 Å². The Bertz CT molecular complexity index is 3470. The molecule has 0 fully saturated rings. The zero-order valence-electron chi connectivity index (χ0n) is 37.4. The number of rotatable bonds is 9. The van der Waals surface area contributed by atoms with Gasteiger partial charge in [-0.25, -0.2) is 0 Å². The van der Waals surface area contributed by atoms with E-state index in [9.17, 15) is 0 Å². The third-order valence-electron chi connectivity index (χ3n) is 13.4. The molecule has 2 aliphatic heterocycles. The van der Waals surface area contributed by atoms with Crippen molar-refractivity contribution in [2.75, 3.05) is 10.6 Å². The van der Waals surface area contributed by atoms with E-state index in [2.05, 4.69) is 271 Å². The van der Waals surface area contributed by atoms with Gasteiger partial charge in [0.05, 0.1) is 6.04 Å². The molecule has 0 aromatic heterocycles. The van der Waals surface area contributed by atoms with E-state index in [1.807, 2.05) is 0 Å². The first kappa shape index (κ1) is 40.9. The summed E-state index contributed by atoms with van der Waals surface area (Å²) < 4.78 is 0. The molecule has 0 amide bonds. The van der Waals surface area contributed by atoms with Gasteiger partial charge in [-0.05, 0) is 126 Å². The van der Waals surface area contributed by atoms with Gasteiger partial charge in [0, 0.05) is 22.5 Å². The standard InChI is InChI=1S/C64H48N4/c1-3-17-43(18-4-1)45-21-11-23-47(37-45)50-26-14-30-54(40-50)62-58-34-8-10-36-60(58)66-64(68-62)56-32-16-28-52(42-56)49-25-12-24-48(38-49)51-27-15-31-55(41-51)63-65-59-35-9-7-33-57(59)61(67-63)53-29-13-22-46(39-53)44-19-5-2-6-20-44/h1-42,61-63,65,67H,(H,66,68). The Hall–Kier alpha value is -8.57. The van der Waals surface area contributed by atoms with Crippen LogP contribution in [-0.2, 0) is 0 Å². The number of anilines is 2. The molecule has 324 valence electrons. The van der Waals surface area contributed by atoms with Crippen LogP contribution in [0, 0.1) is 0 Å². The van der Waals surface area contributed by atoms with Crippen molar-refractivity contribution in [2.24, 2.45) is 4.99 Å². The van der Waals surface area contributed by atoms with E-state index in [-0.39, 0.29) is 18.2 Å². The first-order valence-electron chi connectivity index (χ1n) is 23.4. The number of amidine groups is 1. The summed E-state index contributed by atoms with van der Waals surface area (Å²) in [6.07, 6.45) is -0.0962. The van der Waals surface area contributed by atoms with Gasteiger partial charge in [-0.15, -0.1) is 0 Å². The summed E-state index contributed by atoms with van der Waals surface area (Å²) in [5.41, 5.74) is 21.0. The molecule has 12 rings (SSSR count). The summed E-state index contributed by atoms with van der Waals surface area (Å²) in [5, 5.41) is 11.5. The Morgan fingerprint density at radius 2 is 0.691 bits per heavy atom. The molecule has 0 saturated carbocycles. The largest absolute Gasteiger partial charge is 0.366 e. The Labute approximate surface area is 398 Å². The van der Waals surface area contributed by atoms with Crippen LogP contribution in [0.1, 0.15) is 51.6 Å². The molecule has 10 aromatic carbocycles. The zero-order valence-corrected chi connectivity index (χ0v) is 37.4. The van der Waals surface area contributed by atoms with Gasteiger partial charge in [-0.2, -0.15) is 0 Å². The number of para-hydroxylation sites is 2. The Balaban J connectivity index is 0.830. The van der Waals surface area contributed by atoms with Crippen LogP contribution in [-0.4, -0.2) is 5.84 Å². The molecule has 0 aliphatic carbocycles. The van der Waals surface area contributed by atoms with E-state index in [0.29, 0.717) is 0 Å². The highest BCUT2D eigenvalue weighted by Gasteiger charge is 2.29. The van der Waals surface area contributed by atoms with Crippen molar-refractivity contribution in [3.8, 4) is 55.6 Å². The lowest BCUT2D eigenvalue weighted by Crippen LogP contribution is -2.37. The van der Waals surface area contributed by atoms with E-state index in [1.165, 1.54) is 50.1 Å². The van der Waals surface area contributed by atoms with Gasteiger partial charge in [0.25, 0.3) is 0 Å². The van der Waals surface area contributed by atoms with Gasteiger partial charge in [0.1, 0.15) is 18.0 Å². The molecule has 2 heterocycles. The van der Waals surface area contributed by atoms with Crippen LogP contribution in [0.2, 0.25) is 0 Å². The molecule has 0 radical (unpaired) electrons. The average Bonchev–Trinajstić information content (AvgIpc) is 3.43. The maximum Gasteiger partial charge on any atom is 0.133 e. The van der Waals surface area contributed by atoms with Gasteiger partial charge in [0.2, 0.25) is 0 Å². The molecule has 2 aliphatic rings. The van der Waals surface area contributed by atoms with E-state index in [1.54, 1.807) is 0 Å². The molecule has 0 saturated heterocycles. The predicted molar refractivity (Wildman–Crippen MR) is 283 cm³/mol. The molecule has 3 unspecified atom stereocenters. The topological polar surface area (TPSA) is 48.5 Å². The summed E-state index contributed by atoms with van der Waals surface area (Å²) in [6, 6.07) is 91.4. The normalized spacial score (nSPS) is 16.1. The highest BCUT2D eigenvalue weighted by atomic mass is 15.2. The van der Waals surface area contributed by atoms with Gasteiger partial charge in [0.15, 0.2) is 0 Å². The van der Waals surface area contributed by atoms with Crippen LogP contribution < -0.4 is 16.0 Å². The van der Waals surface area contributed by atoms with Crippen molar-refractivity contribution >= 4 is 17.2 Å². The van der Waals surface area contributed by atoms with Crippen LogP contribution >= 0.6 is 0 Å². The summed E-state index contributed by atoms with van der Waals surface area (Å²) in [5.74, 6) is 0.857. The highest BCUT2D eigenvalue weighted by molar-refractivity contribution is 6.10. The Morgan fingerprint density at radius 3 is 1.31 bits per heavy atom. The lowest BCUT2D eigenvalue weighted by atomic mass is 9.91. The molecule has 10 aromatic rings. The Morgan fingerprint density at radius 1 is 0.294 bits per heavy atom. The fraction of sp³-hybridized carbons (Fsp3) is 0.0469. The van der Waals surface area contributed by atoms with E-state index in [0.717, 1.165) is 56.2 Å². The van der Waals surface area contributed by atoms with Crippen molar-refractivity contribution in [1.29, 1.82) is 0 Å². The maximum atomic E-state index is 5.47. The number of hydrogen-bond donors (Lipinski definition) is 3. The van der Waals surface area contributed by atoms with Crippen LogP contribution in [0.25, 0.3) is 55.6 Å². The first-order chi connectivity index (χ1) is 33.7. The number of aliphatic imine (C=N–C) groups is 1. The molecule has 0 bridgehead atoms. The minimum absolute atomic E-state index is 0.0144. The third-order valence-corrected chi connectivity index (χ3v) is 13.4. The van der Waals surface area contributed by atoms with Gasteiger partial charge in [-0.1, -0.05) is 206 Å². The summed E-state index contributed by atoms with van der Waals surface area (Å²) in [4.78, 5) is 5.47. The Kier molecular flexibility index (Phi) is 10.8. The van der Waals surface area contributed by atoms with Crippen molar-refractivity contribution in [3.63, 3.8) is 0 Å². The number of hydrogen-bond acceptors (Lipinski definition) is 4. The summed E-state index contributed by atoms with van der Waals surface area (Å²) >= 11 is 0. The monoisotopic (exact) mass is 872 g/mol. The van der Waals surface area contributed by atoms with Gasteiger partial charge < -0.3 is 10.6 Å². The molecule has 4 nitrogen and oxygen atoms in total. The van der Waals surface area contributed by atoms with Gasteiger partial charge >= 0.3 is 0 Å². The second-order valence-electron chi connectivity index (χ2n) is 17.7. The van der Waals surface area contributed by atoms with E-state index >= 15 is 0 Å². The lowest BCUT2D eigenvalue weighted by molar-refractivity contribution is 0.506. The molecular formula is C64H48N4. The smallest absolute Gasteiger partial charge is 0.133 e.